The van der Waals surface area contributed by atoms with E-state index >= 15 is 0 Å². The molecule has 1 saturated carbocycles. The van der Waals surface area contributed by atoms with E-state index in [2.05, 4.69) is 10.6 Å². The van der Waals surface area contributed by atoms with E-state index in [1.54, 1.807) is 13.0 Å². The molecule has 2 amide bonds. The fraction of sp³-hybridized carbons (Fsp3) is 0.200. The van der Waals surface area contributed by atoms with Crippen molar-refractivity contribution in [2.75, 3.05) is 10.6 Å². The van der Waals surface area contributed by atoms with Gasteiger partial charge in [-0.15, -0.1) is 11.8 Å². The quantitative estimate of drug-likeness (QED) is 0.254. The number of carbonyl (C=O) groups is 2. The number of hydrogen-bond donors (Lipinski definition) is 2. The molecule has 0 aromatic heterocycles. The molecule has 8 heteroatoms. The highest BCUT2D eigenvalue weighted by molar-refractivity contribution is 8.00. The number of nitro benzene ring substituents is 1. The average molecular weight is 462 g/mol. The largest absolute Gasteiger partial charge is 0.326 e. The highest BCUT2D eigenvalue weighted by Crippen LogP contribution is 2.38. The van der Waals surface area contributed by atoms with Gasteiger partial charge in [0.25, 0.3) is 5.69 Å². The van der Waals surface area contributed by atoms with Crippen LogP contribution in [-0.2, 0) is 9.59 Å². The van der Waals surface area contributed by atoms with Crippen LogP contribution in [0.5, 0.6) is 0 Å². The Labute approximate surface area is 195 Å². The summed E-state index contributed by atoms with van der Waals surface area (Å²) in [6.07, 6.45) is 1.86. The minimum Gasteiger partial charge on any atom is -0.326 e. The van der Waals surface area contributed by atoms with Gasteiger partial charge in [0.15, 0.2) is 0 Å². The molecule has 1 unspecified atom stereocenters. The minimum atomic E-state index is -0.560. The summed E-state index contributed by atoms with van der Waals surface area (Å²) in [7, 11) is 0. The third kappa shape index (κ3) is 5.78. The van der Waals surface area contributed by atoms with Crippen molar-refractivity contribution in [2.45, 2.75) is 29.9 Å². The van der Waals surface area contributed by atoms with Gasteiger partial charge in [0.1, 0.15) is 5.25 Å². The summed E-state index contributed by atoms with van der Waals surface area (Å²) in [4.78, 5) is 36.8. The standard InChI is InChI=1S/C25H23N3O4S/c1-16-14-20(28(31)32)12-13-22(16)27-25(30)23(17-6-3-2-4-7-17)33-21-9-5-8-19(15-21)26-24(29)18-10-11-18/h2-9,12-15,18,23H,10-11H2,1H3,(H,26,29)(H,27,30). The summed E-state index contributed by atoms with van der Waals surface area (Å²) in [5, 5.41) is 16.3. The van der Waals surface area contributed by atoms with Crippen LogP contribution in [0.25, 0.3) is 0 Å². The number of non-ortho nitro benzene ring substituents is 1. The summed E-state index contributed by atoms with van der Waals surface area (Å²) in [5.41, 5.74) is 2.64. The van der Waals surface area contributed by atoms with Gasteiger partial charge in [-0.2, -0.15) is 0 Å². The summed E-state index contributed by atoms with van der Waals surface area (Å²) in [5.74, 6) is -0.104. The summed E-state index contributed by atoms with van der Waals surface area (Å²) in [6, 6.07) is 21.2. The number of aryl methyl sites for hydroxylation is 1. The Balaban J connectivity index is 1.55. The number of anilines is 2. The van der Waals surface area contributed by atoms with E-state index in [9.17, 15) is 19.7 Å². The molecular weight excluding hydrogens is 438 g/mol. The lowest BCUT2D eigenvalue weighted by molar-refractivity contribution is -0.384. The van der Waals surface area contributed by atoms with E-state index in [4.69, 9.17) is 0 Å². The lowest BCUT2D eigenvalue weighted by Gasteiger charge is -2.18. The molecule has 1 fully saturated rings. The van der Waals surface area contributed by atoms with Crippen molar-refractivity contribution in [1.82, 2.24) is 0 Å². The van der Waals surface area contributed by atoms with Gasteiger partial charge < -0.3 is 10.6 Å². The zero-order valence-electron chi connectivity index (χ0n) is 18.0. The summed E-state index contributed by atoms with van der Waals surface area (Å²) < 4.78 is 0. The first-order valence-electron chi connectivity index (χ1n) is 10.6. The maximum absolute atomic E-state index is 13.3. The number of rotatable bonds is 8. The summed E-state index contributed by atoms with van der Waals surface area (Å²) >= 11 is 1.38. The Morgan fingerprint density at radius 3 is 2.42 bits per heavy atom. The van der Waals surface area contributed by atoms with Crippen LogP contribution in [0.2, 0.25) is 0 Å². The van der Waals surface area contributed by atoms with Gasteiger partial charge in [-0.05, 0) is 55.2 Å². The van der Waals surface area contributed by atoms with Crippen molar-refractivity contribution < 1.29 is 14.5 Å². The molecule has 3 aromatic rings. The maximum Gasteiger partial charge on any atom is 0.269 e. The topological polar surface area (TPSA) is 101 Å². The average Bonchev–Trinajstić information content (AvgIpc) is 3.65. The molecule has 1 aliphatic rings. The number of amides is 2. The molecule has 168 valence electrons. The molecule has 0 heterocycles. The number of nitro groups is 1. The second-order valence-corrected chi connectivity index (χ2v) is 9.12. The van der Waals surface area contributed by atoms with E-state index in [1.807, 2.05) is 54.6 Å². The lowest BCUT2D eigenvalue weighted by atomic mass is 10.1. The zero-order valence-corrected chi connectivity index (χ0v) is 18.8. The molecule has 2 N–H and O–H groups in total. The second kappa shape index (κ2) is 9.87. The first-order valence-corrected chi connectivity index (χ1v) is 11.5. The number of nitrogens with one attached hydrogen (secondary N) is 2. The van der Waals surface area contributed by atoms with Crippen molar-refractivity contribution in [1.29, 1.82) is 0 Å². The van der Waals surface area contributed by atoms with Crippen molar-refractivity contribution in [2.24, 2.45) is 5.92 Å². The predicted octanol–water partition coefficient (Wildman–Crippen LogP) is 5.72. The van der Waals surface area contributed by atoms with Crippen LogP contribution in [0.1, 0.15) is 29.2 Å². The van der Waals surface area contributed by atoms with Crippen molar-refractivity contribution in [3.63, 3.8) is 0 Å². The third-order valence-electron chi connectivity index (χ3n) is 5.32. The van der Waals surface area contributed by atoms with Crippen LogP contribution in [0.4, 0.5) is 17.1 Å². The number of nitrogens with zero attached hydrogens (tertiary/aromatic N) is 1. The molecule has 0 bridgehead atoms. The van der Waals surface area contributed by atoms with E-state index in [1.165, 1.54) is 23.9 Å². The van der Waals surface area contributed by atoms with Crippen molar-refractivity contribution in [3.8, 4) is 0 Å². The fourth-order valence-corrected chi connectivity index (χ4v) is 4.46. The molecule has 0 saturated heterocycles. The maximum atomic E-state index is 13.3. The number of carbonyl (C=O) groups excluding carboxylic acids is 2. The van der Waals surface area contributed by atoms with Crippen LogP contribution in [-0.4, -0.2) is 16.7 Å². The van der Waals surface area contributed by atoms with E-state index in [-0.39, 0.29) is 23.4 Å². The van der Waals surface area contributed by atoms with Gasteiger partial charge >= 0.3 is 0 Å². The van der Waals surface area contributed by atoms with Crippen molar-refractivity contribution >= 4 is 40.6 Å². The molecule has 7 nitrogen and oxygen atoms in total. The van der Waals surface area contributed by atoms with Crippen LogP contribution in [0.3, 0.4) is 0 Å². The smallest absolute Gasteiger partial charge is 0.269 e. The molecule has 0 spiro atoms. The Morgan fingerprint density at radius 2 is 1.76 bits per heavy atom. The fourth-order valence-electron chi connectivity index (χ4n) is 3.37. The number of thioether (sulfide) groups is 1. The zero-order chi connectivity index (χ0) is 23.4. The highest BCUT2D eigenvalue weighted by Gasteiger charge is 2.29. The minimum absolute atomic E-state index is 0.0236. The van der Waals surface area contributed by atoms with E-state index in [0.29, 0.717) is 16.9 Å². The second-order valence-electron chi connectivity index (χ2n) is 7.95. The third-order valence-corrected chi connectivity index (χ3v) is 6.57. The molecule has 3 aromatic carbocycles. The number of benzene rings is 3. The predicted molar refractivity (Wildman–Crippen MR) is 129 cm³/mol. The van der Waals surface area contributed by atoms with Crippen LogP contribution >= 0.6 is 11.8 Å². The first-order chi connectivity index (χ1) is 15.9. The molecule has 1 atom stereocenters. The van der Waals surface area contributed by atoms with Gasteiger partial charge in [-0.3, -0.25) is 19.7 Å². The monoisotopic (exact) mass is 461 g/mol. The number of hydrogen-bond acceptors (Lipinski definition) is 5. The van der Waals surface area contributed by atoms with Crippen LogP contribution < -0.4 is 10.6 Å². The normalized spacial score (nSPS) is 13.7. The van der Waals surface area contributed by atoms with Gasteiger partial charge in [0, 0.05) is 34.3 Å². The van der Waals surface area contributed by atoms with E-state index in [0.717, 1.165) is 23.3 Å². The Morgan fingerprint density at radius 1 is 1.00 bits per heavy atom. The molecule has 0 aliphatic heterocycles. The Hall–Kier alpha value is -3.65. The Kier molecular flexibility index (Phi) is 6.74. The van der Waals surface area contributed by atoms with E-state index < -0.39 is 10.2 Å². The highest BCUT2D eigenvalue weighted by atomic mass is 32.2. The van der Waals surface area contributed by atoms with Gasteiger partial charge in [0.2, 0.25) is 11.8 Å². The molecule has 33 heavy (non-hydrogen) atoms. The molecular formula is C25H23N3O4S. The SMILES string of the molecule is Cc1cc([N+](=O)[O-])ccc1NC(=O)C(Sc1cccc(NC(=O)C2CC2)c1)c1ccccc1. The lowest BCUT2D eigenvalue weighted by Crippen LogP contribution is -2.19. The van der Waals surface area contributed by atoms with Crippen LogP contribution in [0.15, 0.2) is 77.7 Å². The molecule has 1 aliphatic carbocycles. The van der Waals surface area contributed by atoms with Gasteiger partial charge in [-0.25, -0.2) is 0 Å². The van der Waals surface area contributed by atoms with Crippen molar-refractivity contribution in [3.05, 3.63) is 94.0 Å². The van der Waals surface area contributed by atoms with Gasteiger partial charge in [0.05, 0.1) is 4.92 Å². The van der Waals surface area contributed by atoms with Gasteiger partial charge in [-0.1, -0.05) is 36.4 Å². The summed E-state index contributed by atoms with van der Waals surface area (Å²) in [6.45, 7) is 1.72. The van der Waals surface area contributed by atoms with Crippen LogP contribution in [0, 0.1) is 23.0 Å². The first kappa shape index (κ1) is 22.5. The molecule has 0 radical (unpaired) electrons. The Bertz CT molecular complexity index is 1200. The molecule has 4 rings (SSSR count).